The molecule has 0 saturated carbocycles. The van der Waals surface area contributed by atoms with Crippen molar-refractivity contribution in [2.75, 3.05) is 5.75 Å². The first-order valence-electron chi connectivity index (χ1n) is 6.44. The number of sulfonamides is 1. The second-order valence-electron chi connectivity index (χ2n) is 4.79. The molecule has 0 heterocycles. The van der Waals surface area contributed by atoms with E-state index >= 15 is 0 Å². The van der Waals surface area contributed by atoms with Gasteiger partial charge in [-0.15, -0.1) is 4.49 Å². The fourth-order valence-corrected chi connectivity index (χ4v) is 4.76. The summed E-state index contributed by atoms with van der Waals surface area (Å²) in [4.78, 5) is 17.7. The van der Waals surface area contributed by atoms with Crippen molar-refractivity contribution in [2.24, 2.45) is 0 Å². The maximum absolute atomic E-state index is 12.0. The zero-order valence-electron chi connectivity index (χ0n) is 11.5. The van der Waals surface area contributed by atoms with Gasteiger partial charge in [0.25, 0.3) is 0 Å². The summed E-state index contributed by atoms with van der Waals surface area (Å²) in [6, 6.07) is 17.9. The minimum atomic E-state index is -4.86. The van der Waals surface area contributed by atoms with Gasteiger partial charge in [-0.25, -0.2) is 13.0 Å². The van der Waals surface area contributed by atoms with Crippen LogP contribution in [0, 0.1) is 0 Å². The molecule has 0 fully saturated rings. The SMILES string of the molecule is O=P(O)(O)NS(=O)(=O)CC(c1ccccc1)c1ccccc1. The minimum Gasteiger partial charge on any atom is -0.312 e. The van der Waals surface area contributed by atoms with Crippen LogP contribution in [0.5, 0.6) is 0 Å². The standard InChI is InChI=1S/C14H16NO5PS/c16-21(17,18)15-22(19,20)11-14(12-7-3-1-4-8-12)13-9-5-2-6-10-13/h1-10,14H,11H2,(H3,15,16,17,18). The van der Waals surface area contributed by atoms with Crippen molar-refractivity contribution in [1.82, 2.24) is 4.49 Å². The maximum atomic E-state index is 12.0. The van der Waals surface area contributed by atoms with Crippen molar-refractivity contribution in [3.63, 3.8) is 0 Å². The van der Waals surface area contributed by atoms with E-state index in [-0.39, 0.29) is 0 Å². The highest BCUT2D eigenvalue weighted by Gasteiger charge is 2.28. The summed E-state index contributed by atoms with van der Waals surface area (Å²) in [6.07, 6.45) is 0. The average Bonchev–Trinajstić information content (AvgIpc) is 2.44. The molecule has 2 aromatic rings. The van der Waals surface area contributed by atoms with Gasteiger partial charge >= 0.3 is 7.75 Å². The van der Waals surface area contributed by atoms with Crippen molar-refractivity contribution >= 4 is 17.8 Å². The molecular weight excluding hydrogens is 325 g/mol. The largest absolute Gasteiger partial charge is 0.413 e. The van der Waals surface area contributed by atoms with Crippen LogP contribution in [-0.4, -0.2) is 24.0 Å². The van der Waals surface area contributed by atoms with Gasteiger partial charge in [0.15, 0.2) is 0 Å². The van der Waals surface area contributed by atoms with E-state index in [1.807, 2.05) is 12.1 Å². The van der Waals surface area contributed by atoms with Crippen molar-refractivity contribution in [2.45, 2.75) is 5.92 Å². The van der Waals surface area contributed by atoms with Crippen molar-refractivity contribution < 1.29 is 22.8 Å². The van der Waals surface area contributed by atoms with Crippen LogP contribution in [0.15, 0.2) is 60.7 Å². The highest BCUT2D eigenvalue weighted by Crippen LogP contribution is 2.32. The summed E-state index contributed by atoms with van der Waals surface area (Å²) in [5.74, 6) is -0.974. The summed E-state index contributed by atoms with van der Waals surface area (Å²) < 4.78 is 36.3. The van der Waals surface area contributed by atoms with Crippen LogP contribution >= 0.6 is 7.75 Å². The zero-order chi connectivity index (χ0) is 16.2. The Morgan fingerprint density at radius 3 is 1.68 bits per heavy atom. The van der Waals surface area contributed by atoms with Crippen molar-refractivity contribution in [3.8, 4) is 0 Å². The van der Waals surface area contributed by atoms with E-state index in [0.717, 1.165) is 11.1 Å². The van der Waals surface area contributed by atoms with E-state index in [4.69, 9.17) is 9.79 Å². The molecule has 0 aromatic heterocycles. The third-order valence-corrected chi connectivity index (χ3v) is 5.88. The number of rotatable bonds is 6. The second kappa shape index (κ2) is 6.73. The second-order valence-corrected chi connectivity index (χ2v) is 8.17. The van der Waals surface area contributed by atoms with E-state index in [0.29, 0.717) is 0 Å². The van der Waals surface area contributed by atoms with Gasteiger partial charge in [0.1, 0.15) is 0 Å². The van der Waals surface area contributed by atoms with Gasteiger partial charge in [-0.2, -0.15) is 0 Å². The smallest absolute Gasteiger partial charge is 0.312 e. The summed E-state index contributed by atoms with van der Waals surface area (Å²) in [5.41, 5.74) is 1.51. The van der Waals surface area contributed by atoms with Crippen LogP contribution < -0.4 is 4.49 Å². The van der Waals surface area contributed by atoms with Gasteiger partial charge in [0.05, 0.1) is 5.75 Å². The topological polar surface area (TPSA) is 104 Å². The Morgan fingerprint density at radius 1 is 0.909 bits per heavy atom. The first kappa shape index (κ1) is 16.9. The van der Waals surface area contributed by atoms with Crippen LogP contribution in [0.25, 0.3) is 0 Å². The minimum absolute atomic E-state index is 0.452. The Balaban J connectivity index is 2.37. The van der Waals surface area contributed by atoms with Crippen molar-refractivity contribution in [3.05, 3.63) is 71.8 Å². The molecule has 3 N–H and O–H groups in total. The molecule has 0 aliphatic rings. The molecule has 0 radical (unpaired) electrons. The van der Waals surface area contributed by atoms with Crippen LogP contribution in [0.4, 0.5) is 0 Å². The molecule has 0 atom stereocenters. The maximum Gasteiger partial charge on any atom is 0.413 e. The van der Waals surface area contributed by atoms with Crippen LogP contribution in [-0.2, 0) is 14.6 Å². The molecule has 0 amide bonds. The quantitative estimate of drug-likeness (QED) is 0.696. The molecule has 22 heavy (non-hydrogen) atoms. The fraction of sp³-hybridized carbons (Fsp3) is 0.143. The summed E-state index contributed by atoms with van der Waals surface area (Å²) in [5, 5.41) is 0. The fourth-order valence-electron chi connectivity index (χ4n) is 2.19. The van der Waals surface area contributed by atoms with Gasteiger partial charge in [0.2, 0.25) is 10.0 Å². The highest BCUT2D eigenvalue weighted by atomic mass is 32.2. The Hall–Kier alpha value is -1.50. The van der Waals surface area contributed by atoms with Crippen LogP contribution in [0.1, 0.15) is 17.0 Å². The van der Waals surface area contributed by atoms with Gasteiger partial charge < -0.3 is 9.79 Å². The van der Waals surface area contributed by atoms with E-state index < -0.39 is 29.4 Å². The van der Waals surface area contributed by atoms with Gasteiger partial charge in [-0.05, 0) is 11.1 Å². The lowest BCUT2D eigenvalue weighted by molar-refractivity contribution is 0.368. The molecule has 0 aliphatic heterocycles. The molecule has 0 unspecified atom stereocenters. The molecule has 118 valence electrons. The normalized spacial score (nSPS) is 12.5. The summed E-state index contributed by atoms with van der Waals surface area (Å²) >= 11 is 0. The lowest BCUT2D eigenvalue weighted by Crippen LogP contribution is -2.27. The lowest BCUT2D eigenvalue weighted by Gasteiger charge is -2.18. The van der Waals surface area contributed by atoms with Gasteiger partial charge in [-0.3, -0.25) is 0 Å². The molecule has 0 aliphatic carbocycles. The Labute approximate surface area is 129 Å². The Morgan fingerprint density at radius 2 is 1.32 bits per heavy atom. The van der Waals surface area contributed by atoms with E-state index in [1.165, 1.54) is 4.49 Å². The lowest BCUT2D eigenvalue weighted by atomic mass is 9.93. The molecule has 8 heteroatoms. The van der Waals surface area contributed by atoms with Crippen LogP contribution in [0.2, 0.25) is 0 Å². The number of nitrogens with one attached hydrogen (secondary N) is 1. The van der Waals surface area contributed by atoms with E-state index in [9.17, 15) is 13.0 Å². The molecular formula is C14H16NO5PS. The van der Waals surface area contributed by atoms with E-state index in [2.05, 4.69) is 0 Å². The molecule has 0 bridgehead atoms. The van der Waals surface area contributed by atoms with Gasteiger partial charge in [-0.1, -0.05) is 60.7 Å². The molecule has 6 nitrogen and oxygen atoms in total. The van der Waals surface area contributed by atoms with Gasteiger partial charge in [0, 0.05) is 5.92 Å². The highest BCUT2D eigenvalue weighted by molar-refractivity contribution is 7.94. The number of hydrogen-bond acceptors (Lipinski definition) is 3. The number of hydrogen-bond donors (Lipinski definition) is 3. The Kier molecular flexibility index (Phi) is 5.16. The average molecular weight is 341 g/mol. The molecule has 0 spiro atoms. The summed E-state index contributed by atoms with van der Waals surface area (Å²) in [7, 11) is -9.01. The molecule has 2 rings (SSSR count). The third kappa shape index (κ3) is 5.05. The predicted molar refractivity (Wildman–Crippen MR) is 83.7 cm³/mol. The third-order valence-electron chi connectivity index (χ3n) is 3.05. The predicted octanol–water partition coefficient (Wildman–Crippen LogP) is 1.83. The zero-order valence-corrected chi connectivity index (χ0v) is 13.2. The molecule has 0 saturated heterocycles. The van der Waals surface area contributed by atoms with E-state index in [1.54, 1.807) is 48.5 Å². The van der Waals surface area contributed by atoms with Crippen molar-refractivity contribution in [1.29, 1.82) is 0 Å². The Bertz CT molecular complexity index is 719. The first-order valence-corrected chi connectivity index (χ1v) is 9.70. The number of benzene rings is 2. The summed E-state index contributed by atoms with van der Waals surface area (Å²) in [6.45, 7) is 0. The monoisotopic (exact) mass is 341 g/mol. The van der Waals surface area contributed by atoms with Crippen LogP contribution in [0.3, 0.4) is 0 Å². The molecule has 2 aromatic carbocycles. The first-order chi connectivity index (χ1) is 10.3.